The Morgan fingerprint density at radius 1 is 1.19 bits per heavy atom. The summed E-state index contributed by atoms with van der Waals surface area (Å²) in [5, 5.41) is 2.36. The molecule has 0 spiro atoms. The lowest BCUT2D eigenvalue weighted by atomic mass is 10.1. The Morgan fingerprint density at radius 3 is 2.48 bits per heavy atom. The van der Waals surface area contributed by atoms with Crippen molar-refractivity contribution in [2.75, 3.05) is 18.2 Å². The van der Waals surface area contributed by atoms with Crippen molar-refractivity contribution in [3.8, 4) is 5.75 Å². The van der Waals surface area contributed by atoms with E-state index in [1.807, 2.05) is 0 Å². The molecule has 1 amide bonds. The number of anilines is 2. The molecule has 0 atom stereocenters. The summed E-state index contributed by atoms with van der Waals surface area (Å²) in [5.74, 6) is -1.48. The van der Waals surface area contributed by atoms with Crippen LogP contribution in [-0.2, 0) is 11.2 Å². The zero-order valence-electron chi connectivity index (χ0n) is 11.3. The number of carbonyl (C=O) groups excluding carboxylic acids is 1. The van der Waals surface area contributed by atoms with Gasteiger partial charge in [0.2, 0.25) is 5.91 Å². The van der Waals surface area contributed by atoms with Crippen molar-refractivity contribution in [3.63, 3.8) is 0 Å². The van der Waals surface area contributed by atoms with Crippen LogP contribution in [0.2, 0.25) is 0 Å². The summed E-state index contributed by atoms with van der Waals surface area (Å²) in [6.07, 6.45) is 0.0563. The van der Waals surface area contributed by atoms with Crippen molar-refractivity contribution in [2.24, 2.45) is 0 Å². The molecule has 0 radical (unpaired) electrons. The second-order valence-corrected chi connectivity index (χ2v) is 4.43. The predicted molar refractivity (Wildman–Crippen MR) is 76.1 cm³/mol. The first-order valence-electron chi connectivity index (χ1n) is 6.17. The number of carbonyl (C=O) groups is 1. The number of methoxy groups -OCH3 is 1. The topological polar surface area (TPSA) is 64.3 Å². The number of amides is 1. The molecule has 110 valence electrons. The number of hydrogen-bond donors (Lipinski definition) is 2. The number of nitrogen functional groups attached to an aromatic ring is 1. The maximum atomic E-state index is 13.5. The molecule has 0 aliphatic carbocycles. The van der Waals surface area contributed by atoms with E-state index in [2.05, 4.69) is 5.32 Å². The van der Waals surface area contributed by atoms with Crippen LogP contribution in [0.4, 0.5) is 20.2 Å². The number of halogens is 2. The highest BCUT2D eigenvalue weighted by atomic mass is 19.1. The second-order valence-electron chi connectivity index (χ2n) is 4.43. The summed E-state index contributed by atoms with van der Waals surface area (Å²) in [6, 6.07) is 8.59. The van der Waals surface area contributed by atoms with Gasteiger partial charge in [-0.1, -0.05) is 12.1 Å². The highest BCUT2D eigenvalue weighted by Crippen LogP contribution is 2.21. The number of hydrogen-bond acceptors (Lipinski definition) is 3. The minimum atomic E-state index is -0.871. The Morgan fingerprint density at radius 2 is 1.86 bits per heavy atom. The van der Waals surface area contributed by atoms with Crippen molar-refractivity contribution >= 4 is 17.3 Å². The van der Waals surface area contributed by atoms with E-state index in [1.165, 1.54) is 0 Å². The quantitative estimate of drug-likeness (QED) is 0.852. The first-order chi connectivity index (χ1) is 9.99. The van der Waals surface area contributed by atoms with Crippen LogP contribution in [0.25, 0.3) is 0 Å². The van der Waals surface area contributed by atoms with E-state index in [-0.39, 0.29) is 17.8 Å². The van der Waals surface area contributed by atoms with Gasteiger partial charge in [-0.25, -0.2) is 8.78 Å². The van der Waals surface area contributed by atoms with Crippen LogP contribution >= 0.6 is 0 Å². The maximum absolute atomic E-state index is 13.5. The summed E-state index contributed by atoms with van der Waals surface area (Å²) in [7, 11) is 1.55. The summed E-state index contributed by atoms with van der Waals surface area (Å²) >= 11 is 0. The van der Waals surface area contributed by atoms with Gasteiger partial charge in [0.15, 0.2) is 0 Å². The van der Waals surface area contributed by atoms with E-state index >= 15 is 0 Å². The molecule has 0 bridgehead atoms. The fourth-order valence-electron chi connectivity index (χ4n) is 1.78. The normalized spacial score (nSPS) is 10.2. The van der Waals surface area contributed by atoms with Crippen LogP contribution in [0.15, 0.2) is 36.4 Å². The lowest BCUT2D eigenvalue weighted by Gasteiger charge is -2.08. The second kappa shape index (κ2) is 6.21. The van der Waals surface area contributed by atoms with Gasteiger partial charge in [-0.2, -0.15) is 0 Å². The fourth-order valence-corrected chi connectivity index (χ4v) is 1.78. The predicted octanol–water partition coefficient (Wildman–Crippen LogP) is 2.74. The maximum Gasteiger partial charge on any atom is 0.228 e. The highest BCUT2D eigenvalue weighted by molar-refractivity contribution is 5.92. The van der Waals surface area contributed by atoms with Crippen LogP contribution in [0.1, 0.15) is 5.56 Å². The molecule has 0 aliphatic heterocycles. The first kappa shape index (κ1) is 14.8. The van der Waals surface area contributed by atoms with E-state index in [1.54, 1.807) is 31.4 Å². The Labute approximate surface area is 120 Å². The van der Waals surface area contributed by atoms with Crippen molar-refractivity contribution < 1.29 is 18.3 Å². The zero-order valence-corrected chi connectivity index (χ0v) is 11.3. The van der Waals surface area contributed by atoms with Crippen molar-refractivity contribution in [1.29, 1.82) is 0 Å². The van der Waals surface area contributed by atoms with Gasteiger partial charge < -0.3 is 15.8 Å². The lowest BCUT2D eigenvalue weighted by molar-refractivity contribution is -0.115. The highest BCUT2D eigenvalue weighted by Gasteiger charge is 2.11. The van der Waals surface area contributed by atoms with Gasteiger partial charge in [0.25, 0.3) is 0 Å². The number of nitrogens with one attached hydrogen (secondary N) is 1. The number of rotatable bonds is 4. The molecule has 0 aromatic heterocycles. The van der Waals surface area contributed by atoms with Crippen LogP contribution in [0.3, 0.4) is 0 Å². The zero-order chi connectivity index (χ0) is 15.4. The smallest absolute Gasteiger partial charge is 0.228 e. The molecule has 0 heterocycles. The van der Waals surface area contributed by atoms with Gasteiger partial charge in [-0.3, -0.25) is 4.79 Å². The molecule has 0 saturated carbocycles. The van der Waals surface area contributed by atoms with E-state index in [9.17, 15) is 13.6 Å². The molecule has 3 N–H and O–H groups in total. The minimum Gasteiger partial charge on any atom is -0.497 e. The third kappa shape index (κ3) is 3.68. The Kier molecular flexibility index (Phi) is 4.37. The van der Waals surface area contributed by atoms with E-state index in [0.29, 0.717) is 11.8 Å². The van der Waals surface area contributed by atoms with Gasteiger partial charge >= 0.3 is 0 Å². The molecule has 0 aliphatic rings. The summed E-state index contributed by atoms with van der Waals surface area (Å²) in [4.78, 5) is 11.8. The molecule has 21 heavy (non-hydrogen) atoms. The largest absolute Gasteiger partial charge is 0.497 e. The number of benzene rings is 2. The van der Waals surface area contributed by atoms with Crippen molar-refractivity contribution in [3.05, 3.63) is 53.6 Å². The monoisotopic (exact) mass is 292 g/mol. The molecule has 2 rings (SSSR count). The van der Waals surface area contributed by atoms with E-state index < -0.39 is 17.5 Å². The molecule has 0 unspecified atom stereocenters. The Hall–Kier alpha value is -2.63. The lowest BCUT2D eigenvalue weighted by Crippen LogP contribution is -2.15. The summed E-state index contributed by atoms with van der Waals surface area (Å²) in [5.41, 5.74) is 5.71. The number of nitrogens with two attached hydrogens (primary N) is 1. The van der Waals surface area contributed by atoms with Gasteiger partial charge in [0.1, 0.15) is 17.4 Å². The third-order valence-electron chi connectivity index (χ3n) is 2.88. The van der Waals surface area contributed by atoms with Gasteiger partial charge in [0.05, 0.1) is 24.9 Å². The molecular weight excluding hydrogens is 278 g/mol. The van der Waals surface area contributed by atoms with Crippen LogP contribution in [0.5, 0.6) is 5.75 Å². The van der Waals surface area contributed by atoms with Gasteiger partial charge in [-0.05, 0) is 23.8 Å². The van der Waals surface area contributed by atoms with Crippen molar-refractivity contribution in [1.82, 2.24) is 0 Å². The van der Waals surface area contributed by atoms with Crippen LogP contribution in [-0.4, -0.2) is 13.0 Å². The van der Waals surface area contributed by atoms with Crippen molar-refractivity contribution in [2.45, 2.75) is 6.42 Å². The first-order valence-corrected chi connectivity index (χ1v) is 6.17. The van der Waals surface area contributed by atoms with E-state index in [4.69, 9.17) is 10.5 Å². The summed E-state index contributed by atoms with van der Waals surface area (Å²) < 4.78 is 31.5. The molecule has 2 aromatic carbocycles. The average molecular weight is 292 g/mol. The number of ether oxygens (including phenoxy) is 1. The molecule has 4 nitrogen and oxygen atoms in total. The SMILES string of the molecule is COc1ccc(CC(=O)Nc2cc(N)c(F)cc2F)cc1. The molecule has 0 saturated heterocycles. The van der Waals surface area contributed by atoms with Gasteiger partial charge in [0, 0.05) is 6.07 Å². The average Bonchev–Trinajstić information content (AvgIpc) is 2.45. The molecular formula is C15H14F2N2O2. The Balaban J connectivity index is 2.06. The fraction of sp³-hybridized carbons (Fsp3) is 0.133. The molecule has 6 heteroatoms. The van der Waals surface area contributed by atoms with E-state index in [0.717, 1.165) is 11.6 Å². The Bertz CT molecular complexity index is 657. The minimum absolute atomic E-state index is 0.0563. The molecule has 0 fully saturated rings. The van der Waals surface area contributed by atoms with Crippen LogP contribution in [0, 0.1) is 11.6 Å². The summed E-state index contributed by atoms with van der Waals surface area (Å²) in [6.45, 7) is 0. The molecule has 2 aromatic rings. The standard InChI is InChI=1S/C15H14F2N2O2/c1-21-10-4-2-9(3-5-10)6-15(20)19-14-8-13(18)11(16)7-12(14)17/h2-5,7-8H,6,18H2,1H3,(H,19,20). The third-order valence-corrected chi connectivity index (χ3v) is 2.88. The van der Waals surface area contributed by atoms with Crippen LogP contribution < -0.4 is 15.8 Å². The van der Waals surface area contributed by atoms with Gasteiger partial charge in [-0.15, -0.1) is 0 Å².